The Labute approximate surface area is 155 Å². The second kappa shape index (κ2) is 11.4. The van der Waals surface area contributed by atoms with Gasteiger partial charge in [-0.1, -0.05) is 30.3 Å². The molecule has 0 aliphatic heterocycles. The number of alkyl carbamates (subject to hydrolysis) is 1. The summed E-state index contributed by atoms with van der Waals surface area (Å²) in [6.07, 6.45) is 0.653. The van der Waals surface area contributed by atoms with Crippen LogP contribution in [-0.2, 0) is 16.1 Å². The molecule has 1 aromatic carbocycles. The van der Waals surface area contributed by atoms with E-state index in [0.29, 0.717) is 26.2 Å². The van der Waals surface area contributed by atoms with E-state index in [1.807, 2.05) is 51.1 Å². The molecule has 7 nitrogen and oxygen atoms in total. The van der Waals surface area contributed by atoms with Crippen molar-refractivity contribution in [1.29, 1.82) is 0 Å². The highest BCUT2D eigenvalue weighted by atomic mass is 16.6. The summed E-state index contributed by atoms with van der Waals surface area (Å²) in [7, 11) is 0. The number of carbonyl (C=O) groups is 2. The third-order valence-electron chi connectivity index (χ3n) is 3.39. The number of rotatable bonds is 9. The molecule has 0 saturated heterocycles. The largest absolute Gasteiger partial charge is 0.445 e. The van der Waals surface area contributed by atoms with Gasteiger partial charge in [-0.2, -0.15) is 0 Å². The quantitative estimate of drug-likeness (QED) is 0.656. The SMILES string of the molecule is CC(C)(C)OC(=O)NCCCCN(CCN)C(=O)OCc1ccccc1. The minimum absolute atomic E-state index is 0.237. The fraction of sp³-hybridized carbons (Fsp3) is 0.579. The second-order valence-electron chi connectivity index (χ2n) is 6.95. The molecule has 1 rings (SSSR count). The minimum atomic E-state index is -0.509. The summed E-state index contributed by atoms with van der Waals surface area (Å²) in [5.41, 5.74) is 6.01. The van der Waals surface area contributed by atoms with E-state index in [1.165, 1.54) is 0 Å². The molecule has 0 fully saturated rings. The van der Waals surface area contributed by atoms with Crippen LogP contribution in [0.3, 0.4) is 0 Å². The molecule has 0 atom stereocenters. The molecule has 0 aliphatic rings. The number of hydrogen-bond donors (Lipinski definition) is 2. The van der Waals surface area contributed by atoms with Gasteiger partial charge in [-0.05, 0) is 39.2 Å². The van der Waals surface area contributed by atoms with E-state index >= 15 is 0 Å². The number of hydrogen-bond acceptors (Lipinski definition) is 5. The van der Waals surface area contributed by atoms with Gasteiger partial charge in [0.15, 0.2) is 0 Å². The van der Waals surface area contributed by atoms with Crippen molar-refractivity contribution in [3.63, 3.8) is 0 Å². The van der Waals surface area contributed by atoms with Crippen LogP contribution in [0.15, 0.2) is 30.3 Å². The van der Waals surface area contributed by atoms with Crippen LogP contribution in [0.25, 0.3) is 0 Å². The molecule has 0 aromatic heterocycles. The van der Waals surface area contributed by atoms with Crippen LogP contribution in [0.1, 0.15) is 39.2 Å². The molecule has 2 amide bonds. The highest BCUT2D eigenvalue weighted by molar-refractivity contribution is 5.68. The Bertz CT molecular complexity index is 543. The molecule has 1 aromatic rings. The first-order chi connectivity index (χ1) is 12.3. The summed E-state index contributed by atoms with van der Waals surface area (Å²) in [6, 6.07) is 9.53. The molecule has 7 heteroatoms. The Morgan fingerprint density at radius 3 is 2.42 bits per heavy atom. The molecule has 0 saturated carbocycles. The van der Waals surface area contributed by atoms with Gasteiger partial charge in [0, 0.05) is 26.2 Å². The summed E-state index contributed by atoms with van der Waals surface area (Å²) < 4.78 is 10.5. The van der Waals surface area contributed by atoms with Crippen molar-refractivity contribution < 1.29 is 19.1 Å². The molecule has 0 heterocycles. The Morgan fingerprint density at radius 2 is 1.81 bits per heavy atom. The first-order valence-electron chi connectivity index (χ1n) is 8.94. The highest BCUT2D eigenvalue weighted by Crippen LogP contribution is 2.07. The monoisotopic (exact) mass is 365 g/mol. The minimum Gasteiger partial charge on any atom is -0.445 e. The lowest BCUT2D eigenvalue weighted by Gasteiger charge is -2.22. The lowest BCUT2D eigenvalue weighted by Crippen LogP contribution is -2.37. The Kier molecular flexibility index (Phi) is 9.51. The van der Waals surface area contributed by atoms with Crippen LogP contribution in [0.5, 0.6) is 0 Å². The van der Waals surface area contributed by atoms with Crippen LogP contribution in [-0.4, -0.2) is 48.9 Å². The number of amides is 2. The Balaban J connectivity index is 2.27. The van der Waals surface area contributed by atoms with Gasteiger partial charge in [0.1, 0.15) is 12.2 Å². The third-order valence-corrected chi connectivity index (χ3v) is 3.39. The van der Waals surface area contributed by atoms with E-state index in [-0.39, 0.29) is 12.7 Å². The van der Waals surface area contributed by atoms with Crippen molar-refractivity contribution in [2.45, 2.75) is 45.8 Å². The average molecular weight is 365 g/mol. The number of nitrogens with two attached hydrogens (primary N) is 1. The third kappa shape index (κ3) is 9.88. The molecule has 0 radical (unpaired) electrons. The number of unbranched alkanes of at least 4 members (excludes halogenated alkanes) is 1. The van der Waals surface area contributed by atoms with Gasteiger partial charge < -0.3 is 25.4 Å². The normalized spacial score (nSPS) is 10.9. The molecule has 0 spiro atoms. The zero-order valence-corrected chi connectivity index (χ0v) is 16.0. The zero-order chi connectivity index (χ0) is 19.4. The summed E-state index contributed by atoms with van der Waals surface area (Å²) in [4.78, 5) is 25.3. The van der Waals surface area contributed by atoms with Gasteiger partial charge in [0.05, 0.1) is 0 Å². The fourth-order valence-electron chi connectivity index (χ4n) is 2.19. The van der Waals surface area contributed by atoms with E-state index in [1.54, 1.807) is 4.90 Å². The van der Waals surface area contributed by atoms with Gasteiger partial charge in [-0.3, -0.25) is 0 Å². The van der Waals surface area contributed by atoms with E-state index in [2.05, 4.69) is 5.32 Å². The van der Waals surface area contributed by atoms with Gasteiger partial charge in [0.2, 0.25) is 0 Å². The molecule has 0 unspecified atom stereocenters. The van der Waals surface area contributed by atoms with E-state index in [4.69, 9.17) is 15.2 Å². The van der Waals surface area contributed by atoms with Crippen LogP contribution in [0.2, 0.25) is 0 Å². The van der Waals surface area contributed by atoms with Crippen molar-refractivity contribution in [2.75, 3.05) is 26.2 Å². The molecule has 146 valence electrons. The maximum Gasteiger partial charge on any atom is 0.410 e. The van der Waals surface area contributed by atoms with Crippen LogP contribution in [0, 0.1) is 0 Å². The molecule has 26 heavy (non-hydrogen) atoms. The van der Waals surface area contributed by atoms with Gasteiger partial charge in [-0.25, -0.2) is 9.59 Å². The number of benzene rings is 1. The lowest BCUT2D eigenvalue weighted by atomic mass is 10.2. The first-order valence-corrected chi connectivity index (χ1v) is 8.94. The maximum absolute atomic E-state index is 12.2. The van der Waals surface area contributed by atoms with Crippen LogP contribution < -0.4 is 11.1 Å². The zero-order valence-electron chi connectivity index (χ0n) is 16.0. The molecular formula is C19H31N3O4. The van der Waals surface area contributed by atoms with Crippen molar-refractivity contribution in [3.05, 3.63) is 35.9 Å². The average Bonchev–Trinajstić information content (AvgIpc) is 2.57. The van der Waals surface area contributed by atoms with Crippen molar-refractivity contribution in [3.8, 4) is 0 Å². The summed E-state index contributed by atoms with van der Waals surface area (Å²) in [6.45, 7) is 7.52. The van der Waals surface area contributed by atoms with E-state index in [0.717, 1.165) is 18.4 Å². The Morgan fingerprint density at radius 1 is 1.12 bits per heavy atom. The number of carbonyl (C=O) groups excluding carboxylic acids is 2. The standard InChI is InChI=1S/C19H31N3O4/c1-19(2,3)26-17(23)21-12-7-8-13-22(14-11-20)18(24)25-15-16-9-5-4-6-10-16/h4-6,9-10H,7-8,11-15,20H2,1-3H3,(H,21,23). The van der Waals surface area contributed by atoms with Gasteiger partial charge >= 0.3 is 12.2 Å². The molecule has 3 N–H and O–H groups in total. The van der Waals surface area contributed by atoms with Crippen molar-refractivity contribution in [1.82, 2.24) is 10.2 Å². The van der Waals surface area contributed by atoms with Crippen molar-refractivity contribution >= 4 is 12.2 Å². The molecular weight excluding hydrogens is 334 g/mol. The number of ether oxygens (including phenoxy) is 2. The van der Waals surface area contributed by atoms with Gasteiger partial charge in [0.25, 0.3) is 0 Å². The topological polar surface area (TPSA) is 93.9 Å². The van der Waals surface area contributed by atoms with E-state index < -0.39 is 11.7 Å². The van der Waals surface area contributed by atoms with Crippen molar-refractivity contribution in [2.24, 2.45) is 5.73 Å². The molecule has 0 bridgehead atoms. The van der Waals surface area contributed by atoms with Crippen LogP contribution in [0.4, 0.5) is 9.59 Å². The van der Waals surface area contributed by atoms with E-state index in [9.17, 15) is 9.59 Å². The first kappa shape index (κ1) is 21.8. The predicted octanol–water partition coefficient (Wildman–Crippen LogP) is 2.89. The Hall–Kier alpha value is -2.28. The highest BCUT2D eigenvalue weighted by Gasteiger charge is 2.16. The maximum atomic E-state index is 12.2. The number of nitrogens with zero attached hydrogens (tertiary/aromatic N) is 1. The predicted molar refractivity (Wildman–Crippen MR) is 101 cm³/mol. The molecule has 0 aliphatic carbocycles. The number of nitrogens with one attached hydrogen (secondary N) is 1. The summed E-state index contributed by atoms with van der Waals surface area (Å²) >= 11 is 0. The van der Waals surface area contributed by atoms with Gasteiger partial charge in [-0.15, -0.1) is 0 Å². The summed E-state index contributed by atoms with van der Waals surface area (Å²) in [5, 5.41) is 2.70. The second-order valence-corrected chi connectivity index (χ2v) is 6.95. The smallest absolute Gasteiger partial charge is 0.410 e. The summed E-state index contributed by atoms with van der Waals surface area (Å²) in [5.74, 6) is 0. The lowest BCUT2D eigenvalue weighted by molar-refractivity contribution is 0.0525. The fourth-order valence-corrected chi connectivity index (χ4v) is 2.19. The van der Waals surface area contributed by atoms with Crippen LogP contribution >= 0.6 is 0 Å².